The van der Waals surface area contributed by atoms with Gasteiger partial charge in [0.05, 0.1) is 11.4 Å². The maximum absolute atomic E-state index is 13.6. The van der Waals surface area contributed by atoms with E-state index in [-0.39, 0.29) is 17.1 Å². The number of aryl methyl sites for hydroxylation is 1. The molecule has 0 spiro atoms. The van der Waals surface area contributed by atoms with E-state index in [4.69, 9.17) is 0 Å². The van der Waals surface area contributed by atoms with Crippen molar-refractivity contribution in [2.75, 3.05) is 17.6 Å². The Hall–Kier alpha value is -1.95. The number of nitrogens with zero attached hydrogens (tertiary/aromatic N) is 2. The van der Waals surface area contributed by atoms with Gasteiger partial charge < -0.3 is 14.8 Å². The Morgan fingerprint density at radius 2 is 2.14 bits per heavy atom. The highest BCUT2D eigenvalue weighted by Crippen LogP contribution is 2.38. The van der Waals surface area contributed by atoms with E-state index in [9.17, 15) is 9.18 Å². The van der Waals surface area contributed by atoms with E-state index < -0.39 is 5.82 Å². The average Bonchev–Trinajstić information content (AvgIpc) is 3.09. The Balaban J connectivity index is 1.78. The predicted octanol–water partition coefficient (Wildman–Crippen LogP) is 3.44. The standard InChI is InChI=1S/C15H16FN3OS/c1-18-8-4-7-13(18)14-19(9-10-21-14)15(20)17-12-6-3-2-5-11(12)16/h2-8,14H,9-10H2,1H3,(H,17,20). The Morgan fingerprint density at radius 3 is 2.86 bits per heavy atom. The van der Waals surface area contributed by atoms with Gasteiger partial charge in [0.1, 0.15) is 11.2 Å². The van der Waals surface area contributed by atoms with Crippen LogP contribution >= 0.6 is 11.8 Å². The smallest absolute Gasteiger partial charge is 0.323 e. The number of benzene rings is 1. The van der Waals surface area contributed by atoms with Crippen molar-refractivity contribution in [2.45, 2.75) is 5.37 Å². The summed E-state index contributed by atoms with van der Waals surface area (Å²) in [5.41, 5.74) is 1.28. The molecule has 1 fully saturated rings. The number of carbonyl (C=O) groups excluding carboxylic acids is 1. The van der Waals surface area contributed by atoms with E-state index in [1.54, 1.807) is 34.9 Å². The summed E-state index contributed by atoms with van der Waals surface area (Å²) in [6.45, 7) is 0.654. The molecule has 3 rings (SSSR count). The first kappa shape index (κ1) is 14.0. The van der Waals surface area contributed by atoms with Crippen molar-refractivity contribution in [3.8, 4) is 0 Å². The lowest BCUT2D eigenvalue weighted by Gasteiger charge is -2.24. The predicted molar refractivity (Wildman–Crippen MR) is 82.7 cm³/mol. The minimum Gasteiger partial charge on any atom is -0.352 e. The van der Waals surface area contributed by atoms with Gasteiger partial charge in [-0.05, 0) is 24.3 Å². The van der Waals surface area contributed by atoms with Crippen LogP contribution in [0, 0.1) is 5.82 Å². The fraction of sp³-hybridized carbons (Fsp3) is 0.267. The molecule has 0 bridgehead atoms. The van der Waals surface area contributed by atoms with Crippen LogP contribution in [-0.2, 0) is 7.05 Å². The Morgan fingerprint density at radius 1 is 1.33 bits per heavy atom. The van der Waals surface area contributed by atoms with E-state index >= 15 is 0 Å². The zero-order valence-electron chi connectivity index (χ0n) is 11.6. The summed E-state index contributed by atoms with van der Waals surface area (Å²) in [6.07, 6.45) is 1.96. The number of amides is 2. The van der Waals surface area contributed by atoms with E-state index in [0.29, 0.717) is 6.54 Å². The molecule has 110 valence electrons. The van der Waals surface area contributed by atoms with E-state index in [1.165, 1.54) is 6.07 Å². The molecule has 1 saturated heterocycles. The second-order valence-electron chi connectivity index (χ2n) is 4.87. The van der Waals surface area contributed by atoms with E-state index in [0.717, 1.165) is 11.4 Å². The van der Waals surface area contributed by atoms with Crippen molar-refractivity contribution in [3.63, 3.8) is 0 Å². The Labute approximate surface area is 126 Å². The van der Waals surface area contributed by atoms with Crippen LogP contribution in [0.15, 0.2) is 42.6 Å². The van der Waals surface area contributed by atoms with Crippen LogP contribution in [0.5, 0.6) is 0 Å². The van der Waals surface area contributed by atoms with Crippen LogP contribution in [0.3, 0.4) is 0 Å². The molecule has 21 heavy (non-hydrogen) atoms. The second kappa shape index (κ2) is 5.81. The van der Waals surface area contributed by atoms with Crippen molar-refractivity contribution >= 4 is 23.5 Å². The number of nitrogens with one attached hydrogen (secondary N) is 1. The number of anilines is 1. The zero-order valence-corrected chi connectivity index (χ0v) is 12.4. The topological polar surface area (TPSA) is 37.3 Å². The first-order chi connectivity index (χ1) is 10.2. The average molecular weight is 305 g/mol. The highest BCUT2D eigenvalue weighted by atomic mass is 32.2. The van der Waals surface area contributed by atoms with Gasteiger partial charge in [-0.2, -0.15) is 0 Å². The first-order valence-corrected chi connectivity index (χ1v) is 7.76. The quantitative estimate of drug-likeness (QED) is 0.923. The van der Waals surface area contributed by atoms with Crippen molar-refractivity contribution in [2.24, 2.45) is 7.05 Å². The van der Waals surface area contributed by atoms with Gasteiger partial charge in [-0.3, -0.25) is 0 Å². The summed E-state index contributed by atoms with van der Waals surface area (Å²) in [7, 11) is 1.96. The molecule has 0 saturated carbocycles. The fourth-order valence-electron chi connectivity index (χ4n) is 2.40. The summed E-state index contributed by atoms with van der Waals surface area (Å²) in [4.78, 5) is 14.2. The highest BCUT2D eigenvalue weighted by molar-refractivity contribution is 7.99. The molecule has 2 heterocycles. The largest absolute Gasteiger partial charge is 0.352 e. The maximum atomic E-state index is 13.6. The van der Waals surface area contributed by atoms with Gasteiger partial charge in [-0.1, -0.05) is 12.1 Å². The number of carbonyl (C=O) groups is 1. The van der Waals surface area contributed by atoms with Gasteiger partial charge in [0, 0.05) is 25.5 Å². The van der Waals surface area contributed by atoms with Gasteiger partial charge in [0.25, 0.3) is 0 Å². The van der Waals surface area contributed by atoms with Crippen LogP contribution in [0.25, 0.3) is 0 Å². The van der Waals surface area contributed by atoms with Crippen molar-refractivity contribution < 1.29 is 9.18 Å². The number of thioether (sulfide) groups is 1. The number of rotatable bonds is 2. The zero-order chi connectivity index (χ0) is 14.8. The molecule has 1 unspecified atom stereocenters. The molecule has 1 N–H and O–H groups in total. The highest BCUT2D eigenvalue weighted by Gasteiger charge is 2.32. The minimum absolute atomic E-state index is 0.0308. The van der Waals surface area contributed by atoms with Crippen molar-refractivity contribution in [1.82, 2.24) is 9.47 Å². The molecule has 1 aliphatic heterocycles. The molecule has 0 radical (unpaired) electrons. The third kappa shape index (κ3) is 2.76. The van der Waals surface area contributed by atoms with Gasteiger partial charge in [0.15, 0.2) is 0 Å². The van der Waals surface area contributed by atoms with Crippen LogP contribution in [0.1, 0.15) is 11.1 Å². The van der Waals surface area contributed by atoms with Gasteiger partial charge in [-0.15, -0.1) is 11.8 Å². The molecule has 4 nitrogen and oxygen atoms in total. The van der Waals surface area contributed by atoms with E-state index in [1.807, 2.05) is 29.9 Å². The number of hydrogen-bond donors (Lipinski definition) is 1. The molecule has 2 aromatic rings. The summed E-state index contributed by atoms with van der Waals surface area (Å²) >= 11 is 1.72. The van der Waals surface area contributed by atoms with Gasteiger partial charge in [0.2, 0.25) is 0 Å². The molecule has 1 aliphatic rings. The molecule has 1 atom stereocenters. The Bertz CT molecular complexity index is 658. The first-order valence-electron chi connectivity index (χ1n) is 6.72. The number of para-hydroxylation sites is 1. The molecule has 6 heteroatoms. The summed E-state index contributed by atoms with van der Waals surface area (Å²) < 4.78 is 15.6. The minimum atomic E-state index is -0.423. The van der Waals surface area contributed by atoms with Crippen LogP contribution in [-0.4, -0.2) is 27.8 Å². The number of aromatic nitrogens is 1. The number of hydrogen-bond acceptors (Lipinski definition) is 2. The lowest BCUT2D eigenvalue weighted by Crippen LogP contribution is -2.35. The molecule has 1 aromatic heterocycles. The Kier molecular flexibility index (Phi) is 3.88. The third-order valence-corrected chi connectivity index (χ3v) is 4.73. The number of halogens is 1. The van der Waals surface area contributed by atoms with Crippen molar-refractivity contribution in [1.29, 1.82) is 0 Å². The van der Waals surface area contributed by atoms with Crippen molar-refractivity contribution in [3.05, 3.63) is 54.1 Å². The molecule has 2 amide bonds. The summed E-state index contributed by atoms with van der Waals surface area (Å²) in [5, 5.41) is 2.62. The SMILES string of the molecule is Cn1cccc1C1SCCN1C(=O)Nc1ccccc1F. The summed E-state index contributed by atoms with van der Waals surface area (Å²) in [6, 6.07) is 9.90. The fourth-order valence-corrected chi connectivity index (χ4v) is 3.73. The van der Waals surface area contributed by atoms with Crippen LogP contribution in [0.2, 0.25) is 0 Å². The van der Waals surface area contributed by atoms with Crippen LogP contribution in [0.4, 0.5) is 14.9 Å². The summed E-state index contributed by atoms with van der Waals surface area (Å²) in [5.74, 6) is 0.452. The molecular weight excluding hydrogens is 289 g/mol. The normalized spacial score (nSPS) is 18.0. The van der Waals surface area contributed by atoms with Crippen LogP contribution < -0.4 is 5.32 Å². The monoisotopic (exact) mass is 305 g/mol. The molecular formula is C15H16FN3OS. The van der Waals surface area contributed by atoms with Gasteiger partial charge in [-0.25, -0.2) is 9.18 Å². The number of urea groups is 1. The third-order valence-electron chi connectivity index (χ3n) is 3.50. The van der Waals surface area contributed by atoms with E-state index in [2.05, 4.69) is 5.32 Å². The molecule has 1 aromatic carbocycles. The maximum Gasteiger partial charge on any atom is 0.323 e. The molecule has 0 aliphatic carbocycles. The lowest BCUT2D eigenvalue weighted by atomic mass is 10.3. The second-order valence-corrected chi connectivity index (χ2v) is 6.06. The lowest BCUT2D eigenvalue weighted by molar-refractivity contribution is 0.213. The van der Waals surface area contributed by atoms with Gasteiger partial charge >= 0.3 is 6.03 Å².